The van der Waals surface area contributed by atoms with Gasteiger partial charge in [0.15, 0.2) is 0 Å². The van der Waals surface area contributed by atoms with Gasteiger partial charge in [0.25, 0.3) is 0 Å². The largest absolute Gasteiger partial charge is 0.462 e. The number of carbonyl (C=O) groups excluding carboxylic acids is 1. The molecule has 0 spiro atoms. The van der Waals surface area contributed by atoms with Gasteiger partial charge in [-0.2, -0.15) is 0 Å². The number of hydrogen-bond acceptors (Lipinski definition) is 4. The number of nitrogens with two attached hydrogens (primary N) is 1. The first-order chi connectivity index (χ1) is 7.49. The fraction of sp³-hybridized carbons (Fsp3) is 0.364. The number of aliphatic hydroxyl groups is 1. The fourth-order valence-corrected chi connectivity index (χ4v) is 1.14. The van der Waals surface area contributed by atoms with Gasteiger partial charge >= 0.3 is 5.97 Å². The molecule has 88 valence electrons. The van der Waals surface area contributed by atoms with Gasteiger partial charge in [0.1, 0.15) is 5.82 Å². The van der Waals surface area contributed by atoms with Crippen molar-refractivity contribution in [3.05, 3.63) is 29.6 Å². The Morgan fingerprint density at radius 2 is 2.25 bits per heavy atom. The van der Waals surface area contributed by atoms with Crippen molar-refractivity contribution in [2.24, 2.45) is 0 Å². The highest BCUT2D eigenvalue weighted by Gasteiger charge is 2.09. The zero-order chi connectivity index (χ0) is 12.1. The molecule has 0 amide bonds. The summed E-state index contributed by atoms with van der Waals surface area (Å²) in [7, 11) is 0. The van der Waals surface area contributed by atoms with Crippen molar-refractivity contribution in [3.8, 4) is 0 Å². The van der Waals surface area contributed by atoms with Crippen LogP contribution in [0.4, 0.5) is 10.1 Å². The van der Waals surface area contributed by atoms with E-state index in [1.54, 1.807) is 6.92 Å². The van der Waals surface area contributed by atoms with Crippen LogP contribution < -0.4 is 5.73 Å². The molecule has 0 aliphatic heterocycles. The molecule has 5 heteroatoms. The van der Waals surface area contributed by atoms with Crippen molar-refractivity contribution in [1.82, 2.24) is 0 Å². The molecule has 3 N–H and O–H groups in total. The van der Waals surface area contributed by atoms with Crippen molar-refractivity contribution < 1.29 is 19.0 Å². The number of aliphatic hydroxyl groups excluding tert-OH is 1. The third-order valence-corrected chi connectivity index (χ3v) is 1.92. The Morgan fingerprint density at radius 1 is 1.56 bits per heavy atom. The van der Waals surface area contributed by atoms with E-state index in [2.05, 4.69) is 0 Å². The van der Waals surface area contributed by atoms with E-state index in [1.165, 1.54) is 6.07 Å². The fourth-order valence-electron chi connectivity index (χ4n) is 1.14. The van der Waals surface area contributed by atoms with Crippen LogP contribution in [0.25, 0.3) is 0 Å². The summed E-state index contributed by atoms with van der Waals surface area (Å²) < 4.78 is 17.7. The number of halogens is 1. The lowest BCUT2D eigenvalue weighted by Crippen LogP contribution is -2.11. The van der Waals surface area contributed by atoms with Crippen LogP contribution in [0, 0.1) is 5.82 Å². The zero-order valence-electron chi connectivity index (χ0n) is 8.94. The molecular weight excluding hydrogens is 213 g/mol. The van der Waals surface area contributed by atoms with Gasteiger partial charge in [-0.05, 0) is 25.1 Å². The lowest BCUT2D eigenvalue weighted by Gasteiger charge is -2.06. The second kappa shape index (κ2) is 5.46. The quantitative estimate of drug-likeness (QED) is 0.601. The molecule has 0 aliphatic carbocycles. The highest BCUT2D eigenvalue weighted by Crippen LogP contribution is 2.12. The second-order valence-corrected chi connectivity index (χ2v) is 3.55. The average molecular weight is 227 g/mol. The molecule has 1 aromatic carbocycles. The number of rotatable bonds is 4. The van der Waals surface area contributed by atoms with Gasteiger partial charge in [-0.25, -0.2) is 9.18 Å². The Labute approximate surface area is 92.8 Å². The van der Waals surface area contributed by atoms with E-state index in [4.69, 9.17) is 15.6 Å². The minimum Gasteiger partial charge on any atom is -0.462 e. The monoisotopic (exact) mass is 227 g/mol. The van der Waals surface area contributed by atoms with Crippen molar-refractivity contribution in [3.63, 3.8) is 0 Å². The first-order valence-corrected chi connectivity index (χ1v) is 4.90. The normalized spacial score (nSPS) is 12.2. The van der Waals surface area contributed by atoms with E-state index in [9.17, 15) is 9.18 Å². The molecule has 0 aliphatic rings. The molecule has 0 saturated heterocycles. The van der Waals surface area contributed by atoms with Crippen LogP contribution in [0.15, 0.2) is 18.2 Å². The summed E-state index contributed by atoms with van der Waals surface area (Å²) in [5, 5.41) is 8.95. The van der Waals surface area contributed by atoms with Gasteiger partial charge in [-0.1, -0.05) is 0 Å². The highest BCUT2D eigenvalue weighted by molar-refractivity contribution is 5.90. The highest BCUT2D eigenvalue weighted by atomic mass is 19.1. The Morgan fingerprint density at radius 3 is 2.81 bits per heavy atom. The summed E-state index contributed by atoms with van der Waals surface area (Å²) >= 11 is 0. The van der Waals surface area contributed by atoms with Crippen LogP contribution in [-0.4, -0.2) is 23.8 Å². The minimum atomic E-state index is -0.646. The summed E-state index contributed by atoms with van der Waals surface area (Å²) in [6, 6.07) is 3.52. The number of carbonyl (C=O) groups is 1. The van der Waals surface area contributed by atoms with Gasteiger partial charge in [0, 0.05) is 12.1 Å². The van der Waals surface area contributed by atoms with E-state index in [0.29, 0.717) is 6.42 Å². The summed E-state index contributed by atoms with van der Waals surface area (Å²) in [6.45, 7) is 1.68. The first kappa shape index (κ1) is 12.4. The van der Waals surface area contributed by atoms with Gasteiger partial charge in [-0.15, -0.1) is 0 Å². The van der Waals surface area contributed by atoms with E-state index in [1.807, 2.05) is 0 Å². The maximum absolute atomic E-state index is 12.9. The topological polar surface area (TPSA) is 72.5 Å². The van der Waals surface area contributed by atoms with Gasteiger partial charge in [0.2, 0.25) is 0 Å². The predicted octanol–water partition coefficient (Wildman–Crippen LogP) is 1.34. The van der Waals surface area contributed by atoms with Gasteiger partial charge < -0.3 is 15.6 Å². The number of benzene rings is 1. The van der Waals surface area contributed by atoms with Crippen LogP contribution in [0.1, 0.15) is 23.7 Å². The van der Waals surface area contributed by atoms with Crippen LogP contribution >= 0.6 is 0 Å². The first-order valence-electron chi connectivity index (χ1n) is 4.90. The van der Waals surface area contributed by atoms with E-state index >= 15 is 0 Å². The van der Waals surface area contributed by atoms with Crippen molar-refractivity contribution >= 4 is 11.7 Å². The predicted molar refractivity (Wildman–Crippen MR) is 57.4 cm³/mol. The van der Waals surface area contributed by atoms with E-state index in [-0.39, 0.29) is 17.9 Å². The maximum Gasteiger partial charge on any atom is 0.338 e. The number of anilines is 1. The molecule has 0 heterocycles. The van der Waals surface area contributed by atoms with Gasteiger partial charge in [-0.3, -0.25) is 0 Å². The number of esters is 1. The minimum absolute atomic E-state index is 0.0723. The van der Waals surface area contributed by atoms with Crippen molar-refractivity contribution in [2.75, 3.05) is 12.3 Å². The molecule has 0 radical (unpaired) electrons. The molecule has 0 saturated carbocycles. The molecular formula is C11H14FNO3. The molecule has 16 heavy (non-hydrogen) atoms. The van der Waals surface area contributed by atoms with Crippen LogP contribution in [0.3, 0.4) is 0 Å². The number of hydrogen-bond donors (Lipinski definition) is 2. The molecule has 1 aromatic rings. The van der Waals surface area contributed by atoms with Crippen LogP contribution in [0.2, 0.25) is 0 Å². The SMILES string of the molecule is CC(O)CCOC(=O)c1cc(N)cc(F)c1. The van der Waals surface area contributed by atoms with E-state index in [0.717, 1.165) is 12.1 Å². The molecule has 0 fully saturated rings. The van der Waals surface area contributed by atoms with E-state index < -0.39 is 17.9 Å². The summed E-state index contributed by atoms with van der Waals surface area (Å²) in [5.41, 5.74) is 5.63. The Kier molecular flexibility index (Phi) is 4.25. The summed E-state index contributed by atoms with van der Waals surface area (Å²) in [4.78, 5) is 11.4. The van der Waals surface area contributed by atoms with Crippen molar-refractivity contribution in [1.29, 1.82) is 0 Å². The van der Waals surface area contributed by atoms with Crippen LogP contribution in [-0.2, 0) is 4.74 Å². The molecule has 1 atom stereocenters. The molecule has 1 rings (SSSR count). The standard InChI is InChI=1S/C11H14FNO3/c1-7(14)2-3-16-11(15)8-4-9(12)6-10(13)5-8/h4-7,14H,2-3,13H2,1H3. The zero-order valence-corrected chi connectivity index (χ0v) is 8.94. The lowest BCUT2D eigenvalue weighted by molar-refractivity contribution is 0.0444. The molecule has 1 unspecified atom stereocenters. The smallest absolute Gasteiger partial charge is 0.338 e. The molecule has 0 aromatic heterocycles. The number of nitrogen functional groups attached to an aromatic ring is 1. The average Bonchev–Trinajstić information content (AvgIpc) is 2.15. The summed E-state index contributed by atoms with van der Waals surface area (Å²) in [5.74, 6) is -1.23. The summed E-state index contributed by atoms with van der Waals surface area (Å²) in [6.07, 6.45) is -0.193. The third-order valence-electron chi connectivity index (χ3n) is 1.92. The number of ether oxygens (including phenoxy) is 1. The Hall–Kier alpha value is -1.62. The lowest BCUT2D eigenvalue weighted by atomic mass is 10.2. The van der Waals surface area contributed by atoms with Crippen molar-refractivity contribution in [2.45, 2.75) is 19.4 Å². The Balaban J connectivity index is 2.59. The Bertz CT molecular complexity index is 359. The third kappa shape index (κ3) is 3.86. The molecule has 4 nitrogen and oxygen atoms in total. The maximum atomic E-state index is 12.9. The van der Waals surface area contributed by atoms with Gasteiger partial charge in [0.05, 0.1) is 18.3 Å². The van der Waals surface area contributed by atoms with Crippen LogP contribution in [0.5, 0.6) is 0 Å². The molecule has 0 bridgehead atoms. The second-order valence-electron chi connectivity index (χ2n) is 3.55.